The van der Waals surface area contributed by atoms with E-state index in [0.717, 1.165) is 25.2 Å². The lowest BCUT2D eigenvalue weighted by molar-refractivity contribution is 0.337. The molecule has 0 spiro atoms. The number of hydrogen-bond donors (Lipinski definition) is 0. The molecule has 1 aromatic rings. The Bertz CT molecular complexity index is 418. The van der Waals surface area contributed by atoms with Crippen molar-refractivity contribution in [3.8, 4) is 5.75 Å². The first-order valence-corrected chi connectivity index (χ1v) is 7.53. The molecule has 0 bridgehead atoms. The molecule has 0 saturated heterocycles. The smallest absolute Gasteiger partial charge is 0.122 e. The fourth-order valence-electron chi connectivity index (χ4n) is 2.51. The monoisotopic (exact) mass is 260 g/mol. The SMILES string of the molecule is CC/C=C\CC(CC)c1ccc(OCC)c(C)c1C. The highest BCUT2D eigenvalue weighted by Gasteiger charge is 2.14. The van der Waals surface area contributed by atoms with Crippen molar-refractivity contribution in [1.82, 2.24) is 0 Å². The molecular weight excluding hydrogens is 232 g/mol. The molecule has 0 aliphatic carbocycles. The molecule has 0 aliphatic heterocycles. The second-order valence-electron chi connectivity index (χ2n) is 5.06. The molecule has 0 fully saturated rings. The van der Waals surface area contributed by atoms with E-state index in [0.29, 0.717) is 5.92 Å². The van der Waals surface area contributed by atoms with E-state index in [1.807, 2.05) is 6.92 Å². The fraction of sp³-hybridized carbons (Fsp3) is 0.556. The highest BCUT2D eigenvalue weighted by Crippen LogP contribution is 2.32. The quantitative estimate of drug-likeness (QED) is 0.584. The van der Waals surface area contributed by atoms with E-state index in [-0.39, 0.29) is 0 Å². The Balaban J connectivity index is 2.98. The molecule has 0 N–H and O–H groups in total. The first kappa shape index (κ1) is 15.8. The van der Waals surface area contributed by atoms with E-state index in [2.05, 4.69) is 52.0 Å². The highest BCUT2D eigenvalue weighted by molar-refractivity contribution is 5.45. The average molecular weight is 260 g/mol. The Hall–Kier alpha value is -1.24. The van der Waals surface area contributed by atoms with Crippen molar-refractivity contribution in [2.24, 2.45) is 0 Å². The molecule has 1 heteroatoms. The summed E-state index contributed by atoms with van der Waals surface area (Å²) in [4.78, 5) is 0. The lowest BCUT2D eigenvalue weighted by atomic mass is 9.87. The molecule has 0 amide bonds. The number of benzene rings is 1. The van der Waals surface area contributed by atoms with E-state index in [1.54, 1.807) is 0 Å². The van der Waals surface area contributed by atoms with Gasteiger partial charge in [-0.1, -0.05) is 32.1 Å². The van der Waals surface area contributed by atoms with Gasteiger partial charge in [0.15, 0.2) is 0 Å². The molecule has 0 radical (unpaired) electrons. The Morgan fingerprint density at radius 3 is 2.37 bits per heavy atom. The lowest BCUT2D eigenvalue weighted by Gasteiger charge is -2.19. The summed E-state index contributed by atoms with van der Waals surface area (Å²) in [5, 5.41) is 0. The van der Waals surface area contributed by atoms with Crippen LogP contribution < -0.4 is 4.74 Å². The Morgan fingerprint density at radius 2 is 1.79 bits per heavy atom. The van der Waals surface area contributed by atoms with Gasteiger partial charge < -0.3 is 4.74 Å². The maximum Gasteiger partial charge on any atom is 0.122 e. The van der Waals surface area contributed by atoms with Crippen molar-refractivity contribution < 1.29 is 4.74 Å². The van der Waals surface area contributed by atoms with Crippen molar-refractivity contribution in [2.75, 3.05) is 6.61 Å². The summed E-state index contributed by atoms with van der Waals surface area (Å²) in [7, 11) is 0. The van der Waals surface area contributed by atoms with Gasteiger partial charge in [-0.25, -0.2) is 0 Å². The summed E-state index contributed by atoms with van der Waals surface area (Å²) in [5.41, 5.74) is 4.16. The molecule has 0 aliphatic rings. The third-order valence-electron chi connectivity index (χ3n) is 3.83. The van der Waals surface area contributed by atoms with Crippen molar-refractivity contribution in [3.63, 3.8) is 0 Å². The number of rotatable bonds is 7. The van der Waals surface area contributed by atoms with Crippen molar-refractivity contribution in [3.05, 3.63) is 41.0 Å². The summed E-state index contributed by atoms with van der Waals surface area (Å²) in [5.74, 6) is 1.65. The minimum atomic E-state index is 0.622. The minimum absolute atomic E-state index is 0.622. The fourth-order valence-corrected chi connectivity index (χ4v) is 2.51. The molecule has 106 valence electrons. The second kappa shape index (κ2) is 8.04. The van der Waals surface area contributed by atoms with E-state index in [4.69, 9.17) is 4.74 Å². The largest absolute Gasteiger partial charge is 0.494 e. The first-order valence-electron chi connectivity index (χ1n) is 7.53. The van der Waals surface area contributed by atoms with E-state index >= 15 is 0 Å². The molecule has 1 unspecified atom stereocenters. The summed E-state index contributed by atoms with van der Waals surface area (Å²) in [6.07, 6.45) is 8.03. The van der Waals surface area contributed by atoms with Gasteiger partial charge in [0.05, 0.1) is 6.61 Å². The summed E-state index contributed by atoms with van der Waals surface area (Å²) in [6.45, 7) is 11.6. The van der Waals surface area contributed by atoms with Gasteiger partial charge in [-0.2, -0.15) is 0 Å². The highest BCUT2D eigenvalue weighted by atomic mass is 16.5. The van der Waals surface area contributed by atoms with Crippen molar-refractivity contribution in [1.29, 1.82) is 0 Å². The van der Waals surface area contributed by atoms with E-state index in [9.17, 15) is 0 Å². The molecule has 1 atom stereocenters. The topological polar surface area (TPSA) is 9.23 Å². The molecule has 0 aromatic heterocycles. The zero-order valence-electron chi connectivity index (χ0n) is 13.1. The van der Waals surface area contributed by atoms with Gasteiger partial charge in [0.25, 0.3) is 0 Å². The normalized spacial score (nSPS) is 12.9. The molecule has 1 nitrogen and oxygen atoms in total. The van der Waals surface area contributed by atoms with Gasteiger partial charge in [-0.3, -0.25) is 0 Å². The molecule has 19 heavy (non-hydrogen) atoms. The van der Waals surface area contributed by atoms with Gasteiger partial charge in [0, 0.05) is 0 Å². The Morgan fingerprint density at radius 1 is 1.05 bits per heavy atom. The van der Waals surface area contributed by atoms with E-state index < -0.39 is 0 Å². The molecule has 1 rings (SSSR count). The average Bonchev–Trinajstić information content (AvgIpc) is 2.42. The van der Waals surface area contributed by atoms with Crippen LogP contribution in [0.15, 0.2) is 24.3 Å². The van der Waals surface area contributed by atoms with Gasteiger partial charge in [-0.05, 0) is 68.7 Å². The summed E-state index contributed by atoms with van der Waals surface area (Å²) in [6, 6.07) is 4.38. The summed E-state index contributed by atoms with van der Waals surface area (Å²) >= 11 is 0. The Labute approximate surface area is 118 Å². The number of hydrogen-bond acceptors (Lipinski definition) is 1. The van der Waals surface area contributed by atoms with Gasteiger partial charge in [0.2, 0.25) is 0 Å². The van der Waals surface area contributed by atoms with Crippen LogP contribution in [0.1, 0.15) is 62.6 Å². The van der Waals surface area contributed by atoms with Crippen LogP contribution in [0.4, 0.5) is 0 Å². The van der Waals surface area contributed by atoms with E-state index in [1.165, 1.54) is 23.1 Å². The maximum absolute atomic E-state index is 5.67. The third kappa shape index (κ3) is 4.12. The molecule has 0 saturated carbocycles. The van der Waals surface area contributed by atoms with Crippen LogP contribution in [0.5, 0.6) is 5.75 Å². The van der Waals surface area contributed by atoms with Crippen LogP contribution >= 0.6 is 0 Å². The maximum atomic E-state index is 5.67. The Kier molecular flexibility index (Phi) is 6.69. The van der Waals surface area contributed by atoms with Crippen molar-refractivity contribution >= 4 is 0 Å². The molecule has 1 aromatic carbocycles. The van der Waals surface area contributed by atoms with Crippen LogP contribution in [-0.2, 0) is 0 Å². The van der Waals surface area contributed by atoms with Crippen LogP contribution in [-0.4, -0.2) is 6.61 Å². The molecular formula is C18H28O. The van der Waals surface area contributed by atoms with Crippen LogP contribution in [0, 0.1) is 13.8 Å². The van der Waals surface area contributed by atoms with Crippen LogP contribution in [0.25, 0.3) is 0 Å². The lowest BCUT2D eigenvalue weighted by Crippen LogP contribution is -2.03. The predicted molar refractivity (Wildman–Crippen MR) is 84.2 cm³/mol. The van der Waals surface area contributed by atoms with Gasteiger partial charge >= 0.3 is 0 Å². The first-order chi connectivity index (χ1) is 9.15. The number of allylic oxidation sites excluding steroid dienone is 2. The van der Waals surface area contributed by atoms with Crippen molar-refractivity contribution in [2.45, 2.75) is 59.8 Å². The standard InChI is InChI=1S/C18H28O/c1-6-9-10-11-16(7-2)17-12-13-18(19-8-3)15(5)14(17)4/h9-10,12-13,16H,6-8,11H2,1-5H3/b10-9-. The van der Waals surface area contributed by atoms with Gasteiger partial charge in [-0.15, -0.1) is 0 Å². The second-order valence-corrected chi connectivity index (χ2v) is 5.06. The predicted octanol–water partition coefficient (Wildman–Crippen LogP) is 5.55. The van der Waals surface area contributed by atoms with Crippen LogP contribution in [0.2, 0.25) is 0 Å². The molecule has 0 heterocycles. The van der Waals surface area contributed by atoms with Gasteiger partial charge in [0.1, 0.15) is 5.75 Å². The zero-order chi connectivity index (χ0) is 14.3. The van der Waals surface area contributed by atoms with Crippen LogP contribution in [0.3, 0.4) is 0 Å². The third-order valence-corrected chi connectivity index (χ3v) is 3.83. The minimum Gasteiger partial charge on any atom is -0.494 e. The summed E-state index contributed by atoms with van der Waals surface area (Å²) < 4.78 is 5.67. The number of ether oxygens (including phenoxy) is 1. The zero-order valence-corrected chi connectivity index (χ0v) is 13.1.